The molecule has 2 aliphatic rings. The van der Waals surface area contributed by atoms with Gasteiger partial charge in [-0.1, -0.05) is 32.4 Å². The molecule has 0 bridgehead atoms. The van der Waals surface area contributed by atoms with Gasteiger partial charge >= 0.3 is 6.03 Å². The van der Waals surface area contributed by atoms with Crippen molar-refractivity contribution < 1.29 is 9.59 Å². The summed E-state index contributed by atoms with van der Waals surface area (Å²) in [5, 5.41) is 6.14. The Balaban J connectivity index is 1.48. The zero-order valence-electron chi connectivity index (χ0n) is 22.3. The molecule has 0 saturated carbocycles. The average Bonchev–Trinajstić information content (AvgIpc) is 3.06. The second kappa shape index (κ2) is 11.9. The molecule has 3 heterocycles. The maximum Gasteiger partial charge on any atom is 0.326 e. The van der Waals surface area contributed by atoms with Crippen molar-refractivity contribution in [1.29, 1.82) is 0 Å². The molecule has 1 aromatic carbocycles. The van der Waals surface area contributed by atoms with Crippen LogP contribution in [0.15, 0.2) is 30.5 Å². The van der Waals surface area contributed by atoms with Crippen molar-refractivity contribution in [2.75, 3.05) is 49.5 Å². The highest BCUT2D eigenvalue weighted by molar-refractivity contribution is 6.17. The number of nitrogens with zero attached hydrogens (tertiary/aromatic N) is 4. The predicted molar refractivity (Wildman–Crippen MR) is 146 cm³/mol. The number of piperidine rings is 1. The Morgan fingerprint density at radius 3 is 2.67 bits per heavy atom. The third kappa shape index (κ3) is 5.60. The number of carbonyl (C=O) groups is 2. The topological polar surface area (TPSA) is 72.8 Å². The number of hydrogen-bond acceptors (Lipinski definition) is 4. The molecule has 0 radical (unpaired) electrons. The summed E-state index contributed by atoms with van der Waals surface area (Å²) in [5.41, 5.74) is 3.33. The molecule has 1 aromatic heterocycles. The van der Waals surface area contributed by atoms with Gasteiger partial charge in [-0.3, -0.25) is 14.6 Å². The zero-order valence-corrected chi connectivity index (χ0v) is 22.3. The average molecular weight is 495 g/mol. The van der Waals surface area contributed by atoms with Crippen LogP contribution in [0, 0.1) is 6.92 Å². The first-order valence-corrected chi connectivity index (χ1v) is 13.5. The standard InChI is InChI=1S/C28H42N6O2/c1-5-15-32(16-6-2)20-22-11-9-10-17-33(22)18-14-29-28(36)34-24-13-8-7-12-23(24)30-27(35)26-25(34)21(3)19-31(26)4/h7-8,12-13,19,22H,5-6,9-11,14-18,20H2,1-4H3,(H,29,36)(H,30,35). The molecule has 1 saturated heterocycles. The van der Waals surface area contributed by atoms with Crippen molar-refractivity contribution in [2.45, 2.75) is 58.9 Å². The highest BCUT2D eigenvalue weighted by Crippen LogP contribution is 2.40. The fourth-order valence-corrected chi connectivity index (χ4v) is 5.78. The van der Waals surface area contributed by atoms with Crippen LogP contribution in [0.5, 0.6) is 0 Å². The van der Waals surface area contributed by atoms with Gasteiger partial charge in [0, 0.05) is 38.9 Å². The Morgan fingerprint density at radius 2 is 1.92 bits per heavy atom. The van der Waals surface area contributed by atoms with Crippen LogP contribution in [-0.2, 0) is 7.05 Å². The normalized spacial score (nSPS) is 18.0. The highest BCUT2D eigenvalue weighted by Gasteiger charge is 2.33. The number of aryl methyl sites for hydroxylation is 2. The van der Waals surface area contributed by atoms with E-state index in [1.54, 1.807) is 9.47 Å². The molecule has 8 heteroatoms. The van der Waals surface area contributed by atoms with Crippen LogP contribution in [-0.4, -0.2) is 71.6 Å². The van der Waals surface area contributed by atoms with Gasteiger partial charge in [0.05, 0.1) is 17.1 Å². The minimum Gasteiger partial charge on any atom is -0.345 e. The van der Waals surface area contributed by atoms with Crippen LogP contribution >= 0.6 is 0 Å². The molecule has 8 nitrogen and oxygen atoms in total. The molecule has 36 heavy (non-hydrogen) atoms. The number of para-hydroxylation sites is 2. The van der Waals surface area contributed by atoms with Gasteiger partial charge in [-0.25, -0.2) is 4.79 Å². The van der Waals surface area contributed by atoms with Crippen LogP contribution in [0.4, 0.5) is 21.9 Å². The van der Waals surface area contributed by atoms with E-state index < -0.39 is 0 Å². The van der Waals surface area contributed by atoms with Crippen LogP contribution in [0.1, 0.15) is 62.0 Å². The van der Waals surface area contributed by atoms with Gasteiger partial charge in [-0.15, -0.1) is 0 Å². The van der Waals surface area contributed by atoms with E-state index in [4.69, 9.17) is 0 Å². The smallest absolute Gasteiger partial charge is 0.326 e. The van der Waals surface area contributed by atoms with E-state index in [0.29, 0.717) is 35.3 Å². The van der Waals surface area contributed by atoms with E-state index in [1.807, 2.05) is 44.4 Å². The fourth-order valence-electron chi connectivity index (χ4n) is 5.78. The van der Waals surface area contributed by atoms with Crippen molar-refractivity contribution in [3.8, 4) is 0 Å². The summed E-state index contributed by atoms with van der Waals surface area (Å²) >= 11 is 0. The molecule has 2 aliphatic heterocycles. The summed E-state index contributed by atoms with van der Waals surface area (Å²) in [6.07, 6.45) is 7.97. The van der Waals surface area contributed by atoms with Crippen LogP contribution in [0.25, 0.3) is 0 Å². The van der Waals surface area contributed by atoms with Crippen molar-refractivity contribution >= 4 is 29.0 Å². The molecule has 3 amide bonds. The lowest BCUT2D eigenvalue weighted by Crippen LogP contribution is -2.50. The number of amides is 3. The van der Waals surface area contributed by atoms with Crippen molar-refractivity contribution in [1.82, 2.24) is 19.7 Å². The number of aromatic nitrogens is 1. The minimum atomic E-state index is -0.207. The number of fused-ring (bicyclic) bond motifs is 2. The number of hydrogen-bond donors (Lipinski definition) is 2. The van der Waals surface area contributed by atoms with Crippen LogP contribution in [0.2, 0.25) is 0 Å². The fraction of sp³-hybridized carbons (Fsp3) is 0.571. The van der Waals surface area contributed by atoms with E-state index >= 15 is 0 Å². The van der Waals surface area contributed by atoms with Crippen molar-refractivity contribution in [3.05, 3.63) is 41.7 Å². The Kier molecular flexibility index (Phi) is 8.69. The third-order valence-electron chi connectivity index (χ3n) is 7.35. The third-order valence-corrected chi connectivity index (χ3v) is 7.35. The number of carbonyl (C=O) groups excluding carboxylic acids is 2. The van der Waals surface area contributed by atoms with Gasteiger partial charge in [0.25, 0.3) is 5.91 Å². The first kappa shape index (κ1) is 26.2. The van der Waals surface area contributed by atoms with Crippen LogP contribution in [0.3, 0.4) is 0 Å². The number of benzene rings is 1. The van der Waals surface area contributed by atoms with E-state index in [1.165, 1.54) is 32.1 Å². The molecule has 2 N–H and O–H groups in total. The number of nitrogens with one attached hydrogen (secondary N) is 2. The number of urea groups is 1. The molecule has 0 spiro atoms. The molecule has 1 atom stereocenters. The summed E-state index contributed by atoms with van der Waals surface area (Å²) < 4.78 is 1.79. The summed E-state index contributed by atoms with van der Waals surface area (Å²) in [6, 6.07) is 7.82. The SMILES string of the molecule is CCCN(CCC)CC1CCCCN1CCNC(=O)N1c2ccccc2NC(=O)c2c1c(C)cn2C. The first-order chi connectivity index (χ1) is 17.4. The molecule has 1 fully saturated rings. The molecule has 0 aliphatic carbocycles. The van der Waals surface area contributed by atoms with Gasteiger partial charge in [-0.2, -0.15) is 0 Å². The largest absolute Gasteiger partial charge is 0.345 e. The van der Waals surface area contributed by atoms with E-state index in [2.05, 4.69) is 34.3 Å². The Bertz CT molecular complexity index is 1060. The Labute approximate surface area is 215 Å². The quantitative estimate of drug-likeness (QED) is 0.529. The molecule has 1 unspecified atom stereocenters. The second-order valence-corrected chi connectivity index (χ2v) is 10.1. The molecule has 2 aromatic rings. The molecular weight excluding hydrogens is 452 g/mol. The monoisotopic (exact) mass is 494 g/mol. The lowest BCUT2D eigenvalue weighted by molar-refractivity contribution is 0.102. The summed E-state index contributed by atoms with van der Waals surface area (Å²) in [4.78, 5) is 33.5. The first-order valence-electron chi connectivity index (χ1n) is 13.5. The Hall–Kier alpha value is -2.84. The molecule has 4 rings (SSSR count). The van der Waals surface area contributed by atoms with E-state index in [9.17, 15) is 9.59 Å². The van der Waals surface area contributed by atoms with Gasteiger partial charge in [0.2, 0.25) is 0 Å². The van der Waals surface area contributed by atoms with E-state index in [0.717, 1.165) is 38.3 Å². The number of likely N-dealkylation sites (tertiary alicyclic amines) is 1. The number of anilines is 3. The summed E-state index contributed by atoms with van der Waals surface area (Å²) in [6.45, 7) is 12.3. The second-order valence-electron chi connectivity index (χ2n) is 10.1. The maximum atomic E-state index is 13.7. The van der Waals surface area contributed by atoms with Crippen molar-refractivity contribution in [2.24, 2.45) is 7.05 Å². The van der Waals surface area contributed by atoms with Gasteiger partial charge in [-0.05, 0) is 69.9 Å². The predicted octanol–water partition coefficient (Wildman–Crippen LogP) is 4.72. The maximum absolute atomic E-state index is 13.7. The van der Waals surface area contributed by atoms with Crippen LogP contribution < -0.4 is 15.5 Å². The van der Waals surface area contributed by atoms with E-state index in [-0.39, 0.29) is 11.9 Å². The van der Waals surface area contributed by atoms with Gasteiger partial charge in [0.1, 0.15) is 5.69 Å². The minimum absolute atomic E-state index is 0.205. The summed E-state index contributed by atoms with van der Waals surface area (Å²) in [7, 11) is 1.84. The zero-order chi connectivity index (χ0) is 25.7. The lowest BCUT2D eigenvalue weighted by Gasteiger charge is -2.39. The van der Waals surface area contributed by atoms with Gasteiger partial charge < -0.3 is 20.1 Å². The molecular formula is C28H42N6O2. The van der Waals surface area contributed by atoms with Crippen molar-refractivity contribution in [3.63, 3.8) is 0 Å². The lowest BCUT2D eigenvalue weighted by atomic mass is 10.0. The highest BCUT2D eigenvalue weighted by atomic mass is 16.2. The Morgan fingerprint density at radius 1 is 1.17 bits per heavy atom. The molecule has 196 valence electrons. The van der Waals surface area contributed by atoms with Gasteiger partial charge in [0.15, 0.2) is 0 Å². The summed E-state index contributed by atoms with van der Waals surface area (Å²) in [5.74, 6) is -0.205. The number of rotatable bonds is 9.